The van der Waals surface area contributed by atoms with E-state index in [1.165, 1.54) is 0 Å². The zero-order chi connectivity index (χ0) is 14.5. The molecule has 0 saturated carbocycles. The van der Waals surface area contributed by atoms with Crippen molar-refractivity contribution in [3.05, 3.63) is 41.2 Å². The Hall–Kier alpha value is -2.65. The van der Waals surface area contributed by atoms with Crippen molar-refractivity contribution < 1.29 is 4.74 Å². The fourth-order valence-electron chi connectivity index (χ4n) is 1.74. The fourth-order valence-corrected chi connectivity index (χ4v) is 1.74. The lowest BCUT2D eigenvalue weighted by Gasteiger charge is -2.10. The summed E-state index contributed by atoms with van der Waals surface area (Å²) in [7, 11) is 1.57. The van der Waals surface area contributed by atoms with Gasteiger partial charge < -0.3 is 15.8 Å². The van der Waals surface area contributed by atoms with Crippen LogP contribution >= 0.6 is 0 Å². The summed E-state index contributed by atoms with van der Waals surface area (Å²) in [5, 5.41) is 12.1. The monoisotopic (exact) mass is 269 g/mol. The lowest BCUT2D eigenvalue weighted by Crippen LogP contribution is -2.05. The minimum Gasteiger partial charge on any atom is -0.384 e. The largest absolute Gasteiger partial charge is 0.384 e. The van der Waals surface area contributed by atoms with Gasteiger partial charge in [0.2, 0.25) is 0 Å². The number of ether oxygens (including phenoxy) is 1. The van der Waals surface area contributed by atoms with Gasteiger partial charge in [-0.3, -0.25) is 0 Å². The van der Waals surface area contributed by atoms with Crippen LogP contribution in [0.3, 0.4) is 0 Å². The summed E-state index contributed by atoms with van der Waals surface area (Å²) in [6.07, 6.45) is 0. The van der Waals surface area contributed by atoms with E-state index in [9.17, 15) is 0 Å². The maximum absolute atomic E-state index is 8.94. The maximum Gasteiger partial charge on any atom is 0.158 e. The van der Waals surface area contributed by atoms with Crippen LogP contribution in [0.15, 0.2) is 24.3 Å². The molecule has 0 aliphatic carbocycles. The first-order valence-corrected chi connectivity index (χ1v) is 6.02. The molecule has 0 atom stereocenters. The number of aryl methyl sites for hydroxylation is 1. The first-order chi connectivity index (χ1) is 9.62. The standard InChI is InChI=1S/C14H15N5O/c1-9-3-4-10(7-15)5-11(9)17-13-6-12(16)18-14(19-13)8-20-2/h3-6H,8H2,1-2H3,(H3,16,17,18,19). The molecule has 0 spiro atoms. The molecular weight excluding hydrogens is 254 g/mol. The molecule has 2 rings (SSSR count). The highest BCUT2D eigenvalue weighted by molar-refractivity contribution is 5.64. The summed E-state index contributed by atoms with van der Waals surface area (Å²) < 4.78 is 5.00. The number of nitriles is 1. The van der Waals surface area contributed by atoms with E-state index in [1.807, 2.05) is 13.0 Å². The van der Waals surface area contributed by atoms with Gasteiger partial charge in [0, 0.05) is 18.9 Å². The summed E-state index contributed by atoms with van der Waals surface area (Å²) in [6, 6.07) is 9.16. The van der Waals surface area contributed by atoms with Crippen molar-refractivity contribution in [3.8, 4) is 6.07 Å². The molecule has 0 radical (unpaired) electrons. The Labute approximate surface area is 117 Å². The van der Waals surface area contributed by atoms with Gasteiger partial charge in [-0.25, -0.2) is 9.97 Å². The number of aromatic nitrogens is 2. The number of nitrogens with zero attached hydrogens (tertiary/aromatic N) is 3. The molecule has 0 amide bonds. The van der Waals surface area contributed by atoms with E-state index in [0.717, 1.165) is 11.3 Å². The lowest BCUT2D eigenvalue weighted by atomic mass is 10.1. The van der Waals surface area contributed by atoms with Crippen LogP contribution in [0.4, 0.5) is 17.3 Å². The molecule has 6 nitrogen and oxygen atoms in total. The van der Waals surface area contributed by atoms with Crippen molar-refractivity contribution in [3.63, 3.8) is 0 Å². The van der Waals surface area contributed by atoms with Gasteiger partial charge in [0.05, 0.1) is 11.6 Å². The molecule has 1 aromatic heterocycles. The van der Waals surface area contributed by atoms with Crippen LogP contribution in [-0.4, -0.2) is 17.1 Å². The van der Waals surface area contributed by atoms with Gasteiger partial charge in [0.25, 0.3) is 0 Å². The van der Waals surface area contributed by atoms with Crippen molar-refractivity contribution in [2.75, 3.05) is 18.2 Å². The number of benzene rings is 1. The average Bonchev–Trinajstić information content (AvgIpc) is 2.41. The van der Waals surface area contributed by atoms with Crippen molar-refractivity contribution in [1.29, 1.82) is 5.26 Å². The summed E-state index contributed by atoms with van der Waals surface area (Å²) in [4.78, 5) is 8.38. The van der Waals surface area contributed by atoms with Gasteiger partial charge >= 0.3 is 0 Å². The van der Waals surface area contributed by atoms with Gasteiger partial charge in [-0.05, 0) is 24.6 Å². The number of rotatable bonds is 4. The third kappa shape index (κ3) is 3.22. The first kappa shape index (κ1) is 13.8. The van der Waals surface area contributed by atoms with Gasteiger partial charge in [-0.2, -0.15) is 5.26 Å². The molecule has 3 N–H and O–H groups in total. The topological polar surface area (TPSA) is 96.9 Å². The Balaban J connectivity index is 2.32. The number of nitrogen functional groups attached to an aromatic ring is 1. The van der Waals surface area contributed by atoms with Crippen LogP contribution in [0, 0.1) is 18.3 Å². The van der Waals surface area contributed by atoms with Crippen molar-refractivity contribution >= 4 is 17.3 Å². The second-order valence-corrected chi connectivity index (χ2v) is 4.29. The van der Waals surface area contributed by atoms with E-state index in [0.29, 0.717) is 23.0 Å². The number of methoxy groups -OCH3 is 1. The smallest absolute Gasteiger partial charge is 0.158 e. The average molecular weight is 269 g/mol. The number of hydrogen-bond donors (Lipinski definition) is 2. The summed E-state index contributed by atoms with van der Waals surface area (Å²) in [6.45, 7) is 2.24. The highest BCUT2D eigenvalue weighted by Gasteiger charge is 2.05. The summed E-state index contributed by atoms with van der Waals surface area (Å²) in [5.74, 6) is 1.44. The highest BCUT2D eigenvalue weighted by Crippen LogP contribution is 2.21. The normalized spacial score (nSPS) is 10.1. The second kappa shape index (κ2) is 5.99. The Morgan fingerprint density at radius 2 is 2.15 bits per heavy atom. The molecular formula is C14H15N5O. The van der Waals surface area contributed by atoms with Gasteiger partial charge in [-0.15, -0.1) is 0 Å². The Morgan fingerprint density at radius 3 is 2.85 bits per heavy atom. The highest BCUT2D eigenvalue weighted by atomic mass is 16.5. The third-order valence-electron chi connectivity index (χ3n) is 2.70. The minimum atomic E-state index is 0.289. The van der Waals surface area contributed by atoms with Crippen LogP contribution in [0.5, 0.6) is 0 Å². The van der Waals surface area contributed by atoms with E-state index < -0.39 is 0 Å². The molecule has 20 heavy (non-hydrogen) atoms. The molecule has 0 aliphatic rings. The van der Waals surface area contributed by atoms with E-state index >= 15 is 0 Å². The van der Waals surface area contributed by atoms with Gasteiger partial charge in [0.15, 0.2) is 5.82 Å². The van der Waals surface area contributed by atoms with Crippen LogP contribution in [-0.2, 0) is 11.3 Å². The molecule has 0 bridgehead atoms. The molecule has 102 valence electrons. The van der Waals surface area contributed by atoms with E-state index in [-0.39, 0.29) is 6.61 Å². The Bertz CT molecular complexity index is 663. The molecule has 0 saturated heterocycles. The molecule has 0 aliphatic heterocycles. The van der Waals surface area contributed by atoms with Crippen LogP contribution in [0.25, 0.3) is 0 Å². The lowest BCUT2D eigenvalue weighted by molar-refractivity contribution is 0.178. The zero-order valence-corrected chi connectivity index (χ0v) is 11.3. The Morgan fingerprint density at radius 1 is 1.35 bits per heavy atom. The second-order valence-electron chi connectivity index (χ2n) is 4.29. The van der Waals surface area contributed by atoms with Crippen molar-refractivity contribution in [1.82, 2.24) is 9.97 Å². The number of hydrogen-bond acceptors (Lipinski definition) is 6. The first-order valence-electron chi connectivity index (χ1n) is 6.02. The number of anilines is 3. The Kier molecular flexibility index (Phi) is 4.13. The predicted octanol–water partition coefficient (Wildman–Crippen LogP) is 2.13. The summed E-state index contributed by atoms with van der Waals surface area (Å²) >= 11 is 0. The summed E-state index contributed by atoms with van der Waals surface area (Å²) in [5.41, 5.74) is 8.14. The van der Waals surface area contributed by atoms with E-state index in [2.05, 4.69) is 21.4 Å². The molecule has 0 fully saturated rings. The zero-order valence-electron chi connectivity index (χ0n) is 11.3. The third-order valence-corrected chi connectivity index (χ3v) is 2.70. The molecule has 0 unspecified atom stereocenters. The molecule has 6 heteroatoms. The molecule has 2 aromatic rings. The van der Waals surface area contributed by atoms with E-state index in [1.54, 1.807) is 25.3 Å². The predicted molar refractivity (Wildman–Crippen MR) is 76.3 cm³/mol. The fraction of sp³-hybridized carbons (Fsp3) is 0.214. The van der Waals surface area contributed by atoms with Gasteiger partial charge in [-0.1, -0.05) is 6.07 Å². The minimum absolute atomic E-state index is 0.289. The molecule has 1 aromatic carbocycles. The maximum atomic E-state index is 8.94. The van der Waals surface area contributed by atoms with E-state index in [4.69, 9.17) is 15.7 Å². The number of nitrogens with two attached hydrogens (primary N) is 1. The quantitative estimate of drug-likeness (QED) is 0.882. The number of nitrogens with one attached hydrogen (secondary N) is 1. The van der Waals surface area contributed by atoms with Gasteiger partial charge in [0.1, 0.15) is 18.2 Å². The van der Waals surface area contributed by atoms with Crippen LogP contribution in [0.2, 0.25) is 0 Å². The SMILES string of the molecule is COCc1nc(N)cc(Nc2cc(C#N)ccc2C)n1. The molecule has 1 heterocycles. The van der Waals surface area contributed by atoms with Crippen molar-refractivity contribution in [2.24, 2.45) is 0 Å². The van der Waals surface area contributed by atoms with Crippen LogP contribution in [0.1, 0.15) is 17.0 Å². The van der Waals surface area contributed by atoms with Crippen LogP contribution < -0.4 is 11.1 Å². The van der Waals surface area contributed by atoms with Crippen molar-refractivity contribution in [2.45, 2.75) is 13.5 Å².